The van der Waals surface area contributed by atoms with Crippen LogP contribution in [0.3, 0.4) is 0 Å². The van der Waals surface area contributed by atoms with Crippen molar-refractivity contribution in [3.63, 3.8) is 0 Å². The summed E-state index contributed by atoms with van der Waals surface area (Å²) in [7, 11) is -27.9. The molecule has 758 valence electrons. The Kier molecular flexibility index (Phi) is 30.2. The van der Waals surface area contributed by atoms with Gasteiger partial charge in [-0.2, -0.15) is 68.4 Å². The minimum absolute atomic E-state index is 0.000399. The Hall–Kier alpha value is -7.33. The third-order valence-corrected chi connectivity index (χ3v) is 38.0. The lowest BCUT2D eigenvalue weighted by atomic mass is 9.50. The first-order valence-electron chi connectivity index (χ1n) is 48.7. The Morgan fingerprint density at radius 1 is 0.365 bits per heavy atom. The molecule has 0 saturated heterocycles. The lowest BCUT2D eigenvalue weighted by Crippen LogP contribution is -2.61. The van der Waals surface area contributed by atoms with E-state index in [2.05, 4.69) is 4.18 Å². The SMILES string of the molecule is CC(C)c1cccc(C(C)C)c1OS(=O)(=O)C(F)(F)C(F)(F)C(F)(F)S(=O)(=O)O.CC1(OC(=O)c2cc(C(=O)OC3(C)C4CC5CC(C4)CC3C5)cc(S(=O)(=O)O)c2)C2CC3CC(C2)CC1C3.O=C(OCC12CC3CC(CC(C3)C1)C2)c1cc(C(=O)OCC23CC4CC(CC(C4)C2)C3)cc(S(=O)(=O)O)c1.O=C(OCCC1CCCCC1)c1cc(C(=O)OCCC2CCCCC2)cc(S(=O)(=O)O)c1. The van der Waals surface area contributed by atoms with Crippen molar-refractivity contribution in [3.8, 4) is 5.75 Å². The molecule has 0 aromatic heterocycles. The fourth-order valence-electron chi connectivity index (χ4n) is 27.6. The molecule has 4 aromatic carbocycles. The number of rotatable bonds is 29. The first-order valence-corrected chi connectivity index (χ1v) is 55.9. The number of carbonyl (C=O) groups excluding carboxylic acids is 6. The molecule has 4 aromatic rings. The molecule has 18 aliphatic carbocycles. The van der Waals surface area contributed by atoms with Gasteiger partial charge in [0.15, 0.2) is 0 Å². The van der Waals surface area contributed by atoms with E-state index in [1.807, 2.05) is 13.8 Å². The summed E-state index contributed by atoms with van der Waals surface area (Å²) >= 11 is 0. The summed E-state index contributed by atoms with van der Waals surface area (Å²) in [6, 6.07) is 14.4. The van der Waals surface area contributed by atoms with Crippen molar-refractivity contribution < 1.29 is 148 Å². The van der Waals surface area contributed by atoms with Gasteiger partial charge in [-0.25, -0.2) is 28.8 Å². The number of alkyl halides is 6. The van der Waals surface area contributed by atoms with Gasteiger partial charge >= 0.3 is 72.5 Å². The molecule has 0 unspecified atom stereocenters. The van der Waals surface area contributed by atoms with Gasteiger partial charge in [-0.1, -0.05) is 110 Å². The zero-order chi connectivity index (χ0) is 99.1. The van der Waals surface area contributed by atoms with E-state index in [1.54, 1.807) is 0 Å². The Bertz CT molecular complexity index is 5460. The van der Waals surface area contributed by atoms with E-state index < -0.39 is 146 Å². The molecular weight excluding hydrogens is 1900 g/mol. The third kappa shape index (κ3) is 22.7. The molecule has 18 saturated carbocycles. The number of hydrogen-bond donors (Lipinski definition) is 4. The van der Waals surface area contributed by atoms with Gasteiger partial charge in [0.1, 0.15) is 17.0 Å². The quantitative estimate of drug-likeness (QED) is 0.0129. The zero-order valence-electron chi connectivity index (χ0n) is 78.2. The van der Waals surface area contributed by atoms with E-state index in [-0.39, 0.29) is 68.6 Å². The molecule has 16 bridgehead atoms. The maximum atomic E-state index is 14.0. The number of carbonyl (C=O) groups is 6. The molecule has 137 heavy (non-hydrogen) atoms. The lowest BCUT2D eigenvalue weighted by Gasteiger charge is -2.59. The van der Waals surface area contributed by atoms with Crippen LogP contribution in [0.4, 0.5) is 26.3 Å². The van der Waals surface area contributed by atoms with Gasteiger partial charge in [0.05, 0.1) is 74.5 Å². The maximum Gasteiger partial charge on any atom is 0.450 e. The highest BCUT2D eigenvalue weighted by molar-refractivity contribution is 7.89. The van der Waals surface area contributed by atoms with E-state index in [1.165, 1.54) is 154 Å². The minimum Gasteiger partial charge on any atom is -0.462 e. The smallest absolute Gasteiger partial charge is 0.450 e. The predicted octanol–water partition coefficient (Wildman–Crippen LogP) is 20.9. The van der Waals surface area contributed by atoms with E-state index >= 15 is 0 Å². The Morgan fingerprint density at radius 2 is 0.628 bits per heavy atom. The monoisotopic (exact) mass is 2020 g/mol. The summed E-state index contributed by atoms with van der Waals surface area (Å²) in [5, 5.41) is -13.5. The topological polar surface area (TPSA) is 419 Å². The lowest BCUT2D eigenvalue weighted by molar-refractivity contribution is -0.247. The molecular formula is C99H128F6O27S5. The maximum absolute atomic E-state index is 14.0. The second kappa shape index (κ2) is 39.8. The van der Waals surface area contributed by atoms with Crippen LogP contribution in [0.15, 0.2) is 87.5 Å². The van der Waals surface area contributed by atoms with E-state index in [0.29, 0.717) is 72.4 Å². The largest absolute Gasteiger partial charge is 0.462 e. The minimum atomic E-state index is -7.10. The fourth-order valence-corrected chi connectivity index (χ4v) is 30.7. The molecule has 0 radical (unpaired) electrons. The highest BCUT2D eigenvalue weighted by Crippen LogP contribution is 2.65. The molecule has 0 spiro atoms. The third-order valence-electron chi connectivity index (χ3n) is 33.4. The van der Waals surface area contributed by atoms with Gasteiger partial charge in [-0.3, -0.25) is 18.2 Å². The van der Waals surface area contributed by atoms with Crippen molar-refractivity contribution in [1.29, 1.82) is 0 Å². The summed E-state index contributed by atoms with van der Waals surface area (Å²) in [4.78, 5) is 76.8. The second-order valence-corrected chi connectivity index (χ2v) is 51.3. The summed E-state index contributed by atoms with van der Waals surface area (Å²) in [5.74, 6) is -3.56. The van der Waals surface area contributed by atoms with Crippen molar-refractivity contribution in [1.82, 2.24) is 0 Å². The van der Waals surface area contributed by atoms with Crippen LogP contribution in [-0.4, -0.2) is 150 Å². The number of benzene rings is 4. The number of ether oxygens (including phenoxy) is 6. The molecule has 0 atom stereocenters. The van der Waals surface area contributed by atoms with Gasteiger partial charge < -0.3 is 32.6 Å². The molecule has 0 heterocycles. The van der Waals surface area contributed by atoms with Crippen LogP contribution in [0, 0.1) is 106 Å². The molecule has 22 rings (SSSR count). The fraction of sp³-hybridized carbons (Fsp3) is 0.697. The van der Waals surface area contributed by atoms with Gasteiger partial charge in [0, 0.05) is 10.8 Å². The Labute approximate surface area is 798 Å². The van der Waals surface area contributed by atoms with Crippen molar-refractivity contribution >= 4 is 86.4 Å². The summed E-state index contributed by atoms with van der Waals surface area (Å²) in [5.41, 5.74) is -1.55. The van der Waals surface area contributed by atoms with Crippen molar-refractivity contribution in [2.24, 2.45) is 106 Å². The zero-order valence-corrected chi connectivity index (χ0v) is 82.3. The molecule has 0 amide bonds. The summed E-state index contributed by atoms with van der Waals surface area (Å²) < 4.78 is 275. The van der Waals surface area contributed by atoms with Gasteiger partial charge in [0.2, 0.25) is 0 Å². The average molecular weight is 2020 g/mol. The predicted molar refractivity (Wildman–Crippen MR) is 486 cm³/mol. The average Bonchev–Trinajstić information content (AvgIpc) is 0.720. The Balaban J connectivity index is 0.000000140. The van der Waals surface area contributed by atoms with Crippen LogP contribution in [0.1, 0.15) is 345 Å². The van der Waals surface area contributed by atoms with Crippen molar-refractivity contribution in [2.45, 2.75) is 314 Å². The van der Waals surface area contributed by atoms with E-state index in [9.17, 15) is 111 Å². The number of hydrogen-bond acceptors (Lipinski definition) is 23. The van der Waals surface area contributed by atoms with Crippen LogP contribution in [0.25, 0.3) is 0 Å². The van der Waals surface area contributed by atoms with Gasteiger partial charge in [-0.15, -0.1) is 0 Å². The van der Waals surface area contributed by atoms with E-state index in [0.717, 1.165) is 200 Å². The van der Waals surface area contributed by atoms with Gasteiger partial charge in [0.25, 0.3) is 30.4 Å². The standard InChI is InChI=1S/2C30H38O7S.C24H34O7S.C15H18F6O6S2/c31-27(36-16-29-10-18-1-19(11-29)3-20(2-18)12-29)24-7-25(9-26(8-24)38(33,34)35)28(32)37-17-30-13-21-4-22(14-30)6-23(5-21)15-30;1-29(22-5-16-3-17(7-22)8-23(29)6-16)36-27(31)20-13-21(15-26(14-20)38(33,34)35)28(32)37-30(2)24-9-18-4-19(11-24)12-25(30)10-18;25-23(30-13-11-18-7-3-1-4-8-18)20-15-21(17-22(16-20)32(27,28)29)24(26)31-14-12-19-9-5-2-6-10-19;1-8(2)10-6-5-7-11(9(3)4)12(10)27-29(25,26)15(20,21)13(16,17)14(18,19)28(22,23)24/h7-9,18-23H,1-6,10-17H2,(H,33,34,35);13-19,22-25H,3-12H2,1-2H3,(H,33,34,35);15-19H,1-14H2,(H,27,28,29);5-9H,1-4H3,(H,22,23,24). The van der Waals surface area contributed by atoms with Crippen LogP contribution in [-0.2, 0) is 79.0 Å². The highest BCUT2D eigenvalue weighted by atomic mass is 32.2. The molecule has 0 aliphatic heterocycles. The molecule has 27 nitrogen and oxygen atoms in total. The highest BCUT2D eigenvalue weighted by Gasteiger charge is 2.83. The van der Waals surface area contributed by atoms with Crippen LogP contribution < -0.4 is 4.18 Å². The first-order chi connectivity index (χ1) is 64.0. The second-order valence-electron chi connectivity index (χ2n) is 44.0. The first kappa shape index (κ1) is 104. The summed E-state index contributed by atoms with van der Waals surface area (Å²) in [6.45, 7) is 11.1. The molecule has 4 N–H and O–H groups in total. The van der Waals surface area contributed by atoms with E-state index in [4.69, 9.17) is 33.0 Å². The van der Waals surface area contributed by atoms with Gasteiger partial charge in [-0.05, 0) is 340 Å². The molecule has 38 heteroatoms. The number of halogens is 6. The van der Waals surface area contributed by atoms with Crippen LogP contribution in [0.5, 0.6) is 5.75 Å². The molecule has 18 aliphatic rings. The van der Waals surface area contributed by atoms with Crippen molar-refractivity contribution in [2.75, 3.05) is 26.4 Å². The molecule has 18 fully saturated rings. The summed E-state index contributed by atoms with van der Waals surface area (Å²) in [6.07, 6.45) is 38.6. The normalized spacial score (nSPS) is 30.8. The van der Waals surface area contributed by atoms with Crippen molar-refractivity contribution in [3.05, 3.63) is 117 Å². The number of esters is 6. The number of para-hydroxylation sites is 1. The van der Waals surface area contributed by atoms with Crippen LogP contribution >= 0.6 is 0 Å². The van der Waals surface area contributed by atoms with Crippen LogP contribution in [0.2, 0.25) is 0 Å². The Morgan fingerprint density at radius 3 is 0.891 bits per heavy atom.